The number of benzene rings is 1. The number of para-hydroxylation sites is 1. The highest BCUT2D eigenvalue weighted by Crippen LogP contribution is 2.35. The van der Waals surface area contributed by atoms with Crippen LogP contribution in [-0.4, -0.2) is 39.9 Å². The summed E-state index contributed by atoms with van der Waals surface area (Å²) in [5.74, 6) is 0.942. The average molecular weight is 347 g/mol. The van der Waals surface area contributed by atoms with Crippen LogP contribution < -0.4 is 5.56 Å². The smallest absolute Gasteiger partial charge is 0.250 e. The molecule has 3 aromatic rings. The number of hydrogen-bond acceptors (Lipinski definition) is 3. The van der Waals surface area contributed by atoms with Crippen molar-refractivity contribution in [2.24, 2.45) is 5.92 Å². The first kappa shape index (κ1) is 15.6. The van der Waals surface area contributed by atoms with Crippen LogP contribution in [-0.2, 0) is 6.54 Å². The predicted octanol–water partition coefficient (Wildman–Crippen LogP) is 2.63. The number of pyridine rings is 1. The highest BCUT2D eigenvalue weighted by molar-refractivity contribution is 6.08. The Hall–Kier alpha value is -2.66. The molecule has 0 spiro atoms. The monoisotopic (exact) mass is 347 g/mol. The Labute approximate surface area is 151 Å². The van der Waals surface area contributed by atoms with Gasteiger partial charge >= 0.3 is 0 Å². The summed E-state index contributed by atoms with van der Waals surface area (Å²) in [5.41, 5.74) is 2.99. The summed E-state index contributed by atoms with van der Waals surface area (Å²) < 4.78 is 1.93. The lowest BCUT2D eigenvalue weighted by Crippen LogP contribution is -2.48. The van der Waals surface area contributed by atoms with Crippen LogP contribution in [0, 0.1) is 5.92 Å². The second-order valence-electron chi connectivity index (χ2n) is 7.56. The maximum absolute atomic E-state index is 12.9. The minimum atomic E-state index is 0.0977. The number of aromatic nitrogens is 2. The quantitative estimate of drug-likeness (QED) is 0.741. The van der Waals surface area contributed by atoms with Crippen molar-refractivity contribution in [2.45, 2.75) is 18.9 Å². The molecule has 2 unspecified atom stereocenters. The van der Waals surface area contributed by atoms with Gasteiger partial charge in [-0.25, -0.2) is 0 Å². The molecule has 2 aliphatic rings. The molecule has 1 saturated heterocycles. The van der Waals surface area contributed by atoms with E-state index in [0.717, 1.165) is 48.2 Å². The molecule has 2 aliphatic heterocycles. The third-order valence-corrected chi connectivity index (χ3v) is 5.81. The van der Waals surface area contributed by atoms with Gasteiger partial charge in [-0.3, -0.25) is 14.5 Å². The van der Waals surface area contributed by atoms with Gasteiger partial charge in [0.1, 0.15) is 0 Å². The van der Waals surface area contributed by atoms with Gasteiger partial charge in [-0.1, -0.05) is 24.3 Å². The van der Waals surface area contributed by atoms with E-state index in [-0.39, 0.29) is 11.3 Å². The van der Waals surface area contributed by atoms with Crippen molar-refractivity contribution < 1.29 is 4.79 Å². The minimum Gasteiger partial charge on any atom is -0.360 e. The van der Waals surface area contributed by atoms with Crippen LogP contribution in [0.5, 0.6) is 0 Å². The lowest BCUT2D eigenvalue weighted by atomic mass is 9.83. The second kappa shape index (κ2) is 5.95. The number of aromatic amines is 1. The molecule has 5 heteroatoms. The Morgan fingerprint density at radius 1 is 1.08 bits per heavy atom. The summed E-state index contributed by atoms with van der Waals surface area (Å²) in [7, 11) is 0. The molecule has 1 fully saturated rings. The maximum Gasteiger partial charge on any atom is 0.250 e. The summed E-state index contributed by atoms with van der Waals surface area (Å²) in [4.78, 5) is 30.5. The van der Waals surface area contributed by atoms with Gasteiger partial charge in [-0.2, -0.15) is 0 Å². The van der Waals surface area contributed by atoms with Crippen LogP contribution >= 0.6 is 0 Å². The number of rotatable bonds is 3. The molecule has 2 aromatic heterocycles. The summed E-state index contributed by atoms with van der Waals surface area (Å²) in [5, 5.41) is 0.992. The molecular formula is C21H21N3O2. The van der Waals surface area contributed by atoms with Crippen LogP contribution in [0.1, 0.15) is 28.4 Å². The molecule has 4 heterocycles. The Morgan fingerprint density at radius 3 is 2.88 bits per heavy atom. The van der Waals surface area contributed by atoms with E-state index >= 15 is 0 Å². The van der Waals surface area contributed by atoms with E-state index < -0.39 is 0 Å². The van der Waals surface area contributed by atoms with Crippen LogP contribution in [0.15, 0.2) is 53.5 Å². The van der Waals surface area contributed by atoms with Gasteiger partial charge in [-0.05, 0) is 24.5 Å². The number of ketones is 1. The number of Topliss-reactive ketones (excluding diaryl/α,β-unsaturated/α-hetero) is 1. The van der Waals surface area contributed by atoms with Gasteiger partial charge in [-0.15, -0.1) is 0 Å². The van der Waals surface area contributed by atoms with Gasteiger partial charge < -0.3 is 9.55 Å². The number of nitrogens with zero attached hydrogens (tertiary/aromatic N) is 2. The van der Waals surface area contributed by atoms with E-state index in [9.17, 15) is 9.59 Å². The van der Waals surface area contributed by atoms with Crippen molar-refractivity contribution in [1.29, 1.82) is 0 Å². The Balaban J connectivity index is 1.38. The zero-order valence-corrected chi connectivity index (χ0v) is 14.5. The number of carbonyl (C=O) groups excluding carboxylic acids is 1. The number of nitrogens with one attached hydrogen (secondary N) is 1. The van der Waals surface area contributed by atoms with E-state index in [1.165, 1.54) is 0 Å². The molecule has 5 nitrogen and oxygen atoms in total. The molecule has 0 amide bonds. The molecule has 132 valence electrons. The lowest BCUT2D eigenvalue weighted by Gasteiger charge is -2.42. The Morgan fingerprint density at radius 2 is 1.96 bits per heavy atom. The van der Waals surface area contributed by atoms with Crippen molar-refractivity contribution in [3.05, 3.63) is 70.3 Å². The number of carbonyl (C=O) groups is 1. The van der Waals surface area contributed by atoms with E-state index in [2.05, 4.69) is 16.0 Å². The van der Waals surface area contributed by atoms with E-state index in [1.807, 2.05) is 41.1 Å². The summed E-state index contributed by atoms with van der Waals surface area (Å²) >= 11 is 0. The Kier molecular flexibility index (Phi) is 3.57. The van der Waals surface area contributed by atoms with E-state index in [0.29, 0.717) is 18.4 Å². The van der Waals surface area contributed by atoms with Crippen molar-refractivity contribution in [3.63, 3.8) is 0 Å². The summed E-state index contributed by atoms with van der Waals surface area (Å²) in [6.45, 7) is 2.93. The van der Waals surface area contributed by atoms with Crippen LogP contribution in [0.2, 0.25) is 0 Å². The van der Waals surface area contributed by atoms with Crippen LogP contribution in [0.3, 0.4) is 0 Å². The molecule has 0 radical (unpaired) electrons. The fraction of sp³-hybridized carbons (Fsp3) is 0.333. The SMILES string of the molecule is O=C(CN1CC2CC(C1)c1cccc(=O)n1C2)c1c[nH]c2ccccc12. The van der Waals surface area contributed by atoms with Crippen molar-refractivity contribution in [2.75, 3.05) is 19.6 Å². The summed E-state index contributed by atoms with van der Waals surface area (Å²) in [6.07, 6.45) is 2.94. The molecule has 2 atom stereocenters. The number of fused-ring (bicyclic) bond motifs is 5. The zero-order valence-electron chi connectivity index (χ0n) is 14.5. The topological polar surface area (TPSA) is 58.1 Å². The molecule has 2 bridgehead atoms. The van der Waals surface area contributed by atoms with Crippen LogP contribution in [0.25, 0.3) is 10.9 Å². The fourth-order valence-corrected chi connectivity index (χ4v) is 4.72. The van der Waals surface area contributed by atoms with E-state index in [1.54, 1.807) is 6.07 Å². The van der Waals surface area contributed by atoms with Crippen molar-refractivity contribution in [3.8, 4) is 0 Å². The first-order chi connectivity index (χ1) is 12.7. The first-order valence-electron chi connectivity index (χ1n) is 9.20. The predicted molar refractivity (Wildman–Crippen MR) is 101 cm³/mol. The highest BCUT2D eigenvalue weighted by Gasteiger charge is 2.35. The molecular weight excluding hydrogens is 326 g/mol. The molecule has 26 heavy (non-hydrogen) atoms. The normalized spacial score (nSPS) is 22.3. The molecule has 5 rings (SSSR count). The van der Waals surface area contributed by atoms with Crippen LogP contribution in [0.4, 0.5) is 0 Å². The molecule has 0 aliphatic carbocycles. The Bertz CT molecular complexity index is 1050. The zero-order chi connectivity index (χ0) is 17.7. The first-order valence-corrected chi connectivity index (χ1v) is 9.20. The second-order valence-corrected chi connectivity index (χ2v) is 7.56. The lowest BCUT2D eigenvalue weighted by molar-refractivity contribution is 0.0819. The van der Waals surface area contributed by atoms with Gasteiger partial charge in [0.05, 0.1) is 6.54 Å². The third kappa shape index (κ3) is 2.51. The molecule has 0 saturated carbocycles. The molecule has 1 N–H and O–H groups in total. The van der Waals surface area contributed by atoms with E-state index in [4.69, 9.17) is 0 Å². The minimum absolute atomic E-state index is 0.0977. The maximum atomic E-state index is 12.9. The number of likely N-dealkylation sites (tertiary alicyclic amines) is 1. The standard InChI is InChI=1S/C21H21N3O2/c25-20(17-9-22-18-5-2-1-4-16(17)18)13-23-10-14-8-15(12-23)19-6-3-7-21(26)24(19)11-14/h1-7,9,14-15,22H,8,10-13H2. The van der Waals surface area contributed by atoms with Gasteiger partial charge in [0.15, 0.2) is 5.78 Å². The van der Waals surface area contributed by atoms with Gasteiger partial charge in [0, 0.05) is 60.0 Å². The van der Waals surface area contributed by atoms with Crippen molar-refractivity contribution in [1.82, 2.24) is 14.5 Å². The summed E-state index contributed by atoms with van der Waals surface area (Å²) in [6, 6.07) is 13.5. The number of hydrogen-bond donors (Lipinski definition) is 1. The number of H-pyrrole nitrogens is 1. The largest absolute Gasteiger partial charge is 0.360 e. The van der Waals surface area contributed by atoms with Gasteiger partial charge in [0.25, 0.3) is 5.56 Å². The molecule has 1 aromatic carbocycles. The third-order valence-electron chi connectivity index (χ3n) is 5.81. The average Bonchev–Trinajstić information content (AvgIpc) is 3.07. The fourth-order valence-electron chi connectivity index (χ4n) is 4.72. The highest BCUT2D eigenvalue weighted by atomic mass is 16.1. The van der Waals surface area contributed by atoms with Crippen molar-refractivity contribution >= 4 is 16.7 Å². The van der Waals surface area contributed by atoms with Gasteiger partial charge in [0.2, 0.25) is 0 Å². The number of piperidine rings is 1.